The van der Waals surface area contributed by atoms with Crippen molar-refractivity contribution in [1.82, 2.24) is 0 Å². The molecule has 0 aliphatic carbocycles. The molecule has 2 atom stereocenters. The van der Waals surface area contributed by atoms with E-state index in [0.717, 1.165) is 29.2 Å². The molecule has 1 heterocycles. The average Bonchev–Trinajstić information content (AvgIpc) is 2.76. The highest BCUT2D eigenvalue weighted by molar-refractivity contribution is 6.30. The van der Waals surface area contributed by atoms with Crippen LogP contribution in [0.4, 0.5) is 0 Å². The van der Waals surface area contributed by atoms with Crippen LogP contribution < -0.4 is 10.5 Å². The third kappa shape index (κ3) is 3.35. The van der Waals surface area contributed by atoms with Crippen LogP contribution in [0.1, 0.15) is 18.4 Å². The number of benzene rings is 1. The Morgan fingerprint density at radius 1 is 1.41 bits per heavy atom. The maximum absolute atomic E-state index is 5.89. The Labute approximate surface area is 107 Å². The lowest BCUT2D eigenvalue weighted by Crippen LogP contribution is -2.23. The molecular formula is C13H18ClNO2. The maximum atomic E-state index is 5.89. The Bertz CT molecular complexity index is 384. The van der Waals surface area contributed by atoms with Gasteiger partial charge in [0, 0.05) is 11.6 Å². The number of halogens is 1. The third-order valence-corrected chi connectivity index (χ3v) is 3.26. The van der Waals surface area contributed by atoms with Gasteiger partial charge in [-0.3, -0.25) is 0 Å². The first-order chi connectivity index (χ1) is 8.19. The number of rotatable bonds is 4. The van der Waals surface area contributed by atoms with Crippen LogP contribution in [-0.4, -0.2) is 25.4 Å². The number of hydrogen-bond acceptors (Lipinski definition) is 3. The summed E-state index contributed by atoms with van der Waals surface area (Å²) in [6.45, 7) is 3.16. The molecule has 3 nitrogen and oxygen atoms in total. The normalized spacial score (nSPS) is 23.9. The summed E-state index contributed by atoms with van der Waals surface area (Å²) in [4.78, 5) is 0. The van der Waals surface area contributed by atoms with E-state index in [-0.39, 0.29) is 12.2 Å². The molecule has 1 fully saturated rings. The molecule has 2 rings (SSSR count). The topological polar surface area (TPSA) is 44.5 Å². The fourth-order valence-electron chi connectivity index (χ4n) is 2.03. The van der Waals surface area contributed by atoms with Crippen molar-refractivity contribution in [2.24, 2.45) is 5.73 Å². The fourth-order valence-corrected chi connectivity index (χ4v) is 2.26. The van der Waals surface area contributed by atoms with Crippen LogP contribution in [-0.2, 0) is 4.74 Å². The van der Waals surface area contributed by atoms with E-state index in [1.54, 1.807) is 0 Å². The number of ether oxygens (including phenoxy) is 2. The second-order valence-corrected chi connectivity index (χ2v) is 4.85. The zero-order valence-electron chi connectivity index (χ0n) is 9.99. The Balaban J connectivity index is 1.86. The molecule has 1 aliphatic rings. The van der Waals surface area contributed by atoms with Gasteiger partial charge in [-0.2, -0.15) is 0 Å². The van der Waals surface area contributed by atoms with Gasteiger partial charge in [-0.15, -0.1) is 0 Å². The van der Waals surface area contributed by atoms with E-state index in [4.69, 9.17) is 26.8 Å². The van der Waals surface area contributed by atoms with E-state index in [9.17, 15) is 0 Å². The van der Waals surface area contributed by atoms with E-state index in [2.05, 4.69) is 0 Å². The Kier molecular flexibility index (Phi) is 4.26. The minimum atomic E-state index is 0.165. The summed E-state index contributed by atoms with van der Waals surface area (Å²) in [5.74, 6) is 0.870. The van der Waals surface area contributed by atoms with Crippen LogP contribution in [0.2, 0.25) is 5.02 Å². The van der Waals surface area contributed by atoms with Crippen LogP contribution in [0.25, 0.3) is 0 Å². The van der Waals surface area contributed by atoms with Crippen LogP contribution in [0, 0.1) is 6.92 Å². The van der Waals surface area contributed by atoms with Gasteiger partial charge in [-0.1, -0.05) is 11.6 Å². The average molecular weight is 256 g/mol. The quantitative estimate of drug-likeness (QED) is 0.899. The van der Waals surface area contributed by atoms with Crippen molar-refractivity contribution in [1.29, 1.82) is 0 Å². The lowest BCUT2D eigenvalue weighted by Gasteiger charge is -2.15. The fraction of sp³-hybridized carbons (Fsp3) is 0.538. The predicted molar refractivity (Wildman–Crippen MR) is 68.6 cm³/mol. The predicted octanol–water partition coefficient (Wildman–Crippen LogP) is 2.53. The van der Waals surface area contributed by atoms with Crippen molar-refractivity contribution in [3.8, 4) is 5.75 Å². The van der Waals surface area contributed by atoms with Gasteiger partial charge in [-0.25, -0.2) is 0 Å². The molecule has 1 aromatic carbocycles. The van der Waals surface area contributed by atoms with Crippen LogP contribution >= 0.6 is 11.6 Å². The summed E-state index contributed by atoms with van der Waals surface area (Å²) in [6, 6.07) is 5.63. The molecule has 1 aliphatic heterocycles. The van der Waals surface area contributed by atoms with Crippen molar-refractivity contribution >= 4 is 11.6 Å². The highest BCUT2D eigenvalue weighted by Gasteiger charge is 2.24. The molecular weight excluding hydrogens is 238 g/mol. The van der Waals surface area contributed by atoms with Gasteiger partial charge in [-0.05, 0) is 43.5 Å². The minimum Gasteiger partial charge on any atom is -0.491 e. The first-order valence-corrected chi connectivity index (χ1v) is 6.31. The van der Waals surface area contributed by atoms with Gasteiger partial charge in [0.1, 0.15) is 12.4 Å². The molecule has 0 saturated carbocycles. The molecule has 0 aromatic heterocycles. The van der Waals surface area contributed by atoms with Gasteiger partial charge in [0.15, 0.2) is 0 Å². The van der Waals surface area contributed by atoms with E-state index in [1.165, 1.54) is 0 Å². The van der Waals surface area contributed by atoms with Crippen molar-refractivity contribution in [2.45, 2.75) is 32.0 Å². The molecule has 17 heavy (non-hydrogen) atoms. The number of hydrogen-bond donors (Lipinski definition) is 1. The third-order valence-electron chi connectivity index (χ3n) is 3.02. The van der Waals surface area contributed by atoms with E-state index >= 15 is 0 Å². The molecule has 0 spiro atoms. The maximum Gasteiger partial charge on any atom is 0.122 e. The van der Waals surface area contributed by atoms with Gasteiger partial charge >= 0.3 is 0 Å². The van der Waals surface area contributed by atoms with Gasteiger partial charge in [0.25, 0.3) is 0 Å². The number of nitrogens with two attached hydrogens (primary N) is 1. The number of aryl methyl sites for hydroxylation is 1. The summed E-state index contributed by atoms with van der Waals surface area (Å²) in [5, 5.41) is 0.732. The van der Waals surface area contributed by atoms with Crippen molar-refractivity contribution in [3.05, 3.63) is 28.8 Å². The zero-order valence-corrected chi connectivity index (χ0v) is 10.7. The van der Waals surface area contributed by atoms with Crippen molar-refractivity contribution in [3.63, 3.8) is 0 Å². The largest absolute Gasteiger partial charge is 0.491 e. The lowest BCUT2D eigenvalue weighted by molar-refractivity contribution is 0.0220. The summed E-state index contributed by atoms with van der Waals surface area (Å²) < 4.78 is 11.5. The van der Waals surface area contributed by atoms with Gasteiger partial charge in [0.05, 0.1) is 12.2 Å². The van der Waals surface area contributed by atoms with Crippen molar-refractivity contribution in [2.75, 3.05) is 13.2 Å². The molecule has 1 aromatic rings. The zero-order chi connectivity index (χ0) is 12.3. The molecule has 4 heteroatoms. The lowest BCUT2D eigenvalue weighted by atomic mass is 10.2. The van der Waals surface area contributed by atoms with Crippen LogP contribution in [0.15, 0.2) is 18.2 Å². The SMILES string of the molecule is Cc1cc(Cl)ccc1OCC1CCC(CN)O1. The van der Waals surface area contributed by atoms with Crippen LogP contribution in [0.5, 0.6) is 5.75 Å². The van der Waals surface area contributed by atoms with E-state index in [0.29, 0.717) is 13.2 Å². The highest BCUT2D eigenvalue weighted by Crippen LogP contribution is 2.24. The van der Waals surface area contributed by atoms with Gasteiger partial charge in [0.2, 0.25) is 0 Å². The molecule has 94 valence electrons. The molecule has 1 saturated heterocycles. The Morgan fingerprint density at radius 2 is 2.18 bits per heavy atom. The van der Waals surface area contributed by atoms with E-state index < -0.39 is 0 Å². The summed E-state index contributed by atoms with van der Waals surface area (Å²) >= 11 is 5.89. The second-order valence-electron chi connectivity index (χ2n) is 4.41. The molecule has 2 N–H and O–H groups in total. The first-order valence-electron chi connectivity index (χ1n) is 5.93. The summed E-state index contributed by atoms with van der Waals surface area (Å²) in [5.41, 5.74) is 6.61. The van der Waals surface area contributed by atoms with Crippen LogP contribution in [0.3, 0.4) is 0 Å². The highest BCUT2D eigenvalue weighted by atomic mass is 35.5. The second kappa shape index (κ2) is 5.71. The monoisotopic (exact) mass is 255 g/mol. The van der Waals surface area contributed by atoms with Gasteiger partial charge < -0.3 is 15.2 Å². The van der Waals surface area contributed by atoms with Crippen molar-refractivity contribution < 1.29 is 9.47 Å². The Hall–Kier alpha value is -0.770. The standard InChI is InChI=1S/C13H18ClNO2/c1-9-6-10(14)2-5-13(9)16-8-12-4-3-11(7-15)17-12/h2,5-6,11-12H,3-4,7-8,15H2,1H3. The first kappa shape index (κ1) is 12.7. The molecule has 2 unspecified atom stereocenters. The molecule has 0 amide bonds. The summed E-state index contributed by atoms with van der Waals surface area (Å²) in [7, 11) is 0. The summed E-state index contributed by atoms with van der Waals surface area (Å²) in [6.07, 6.45) is 2.42. The minimum absolute atomic E-state index is 0.165. The Morgan fingerprint density at radius 3 is 2.82 bits per heavy atom. The smallest absolute Gasteiger partial charge is 0.122 e. The molecule has 0 bridgehead atoms. The van der Waals surface area contributed by atoms with E-state index in [1.807, 2.05) is 25.1 Å². The molecule has 0 radical (unpaired) electrons.